The van der Waals surface area contributed by atoms with Gasteiger partial charge in [-0.3, -0.25) is 0 Å². The van der Waals surface area contributed by atoms with Gasteiger partial charge in [-0.15, -0.1) is 0 Å². The van der Waals surface area contributed by atoms with Crippen LogP contribution in [0.5, 0.6) is 0 Å². The van der Waals surface area contributed by atoms with Crippen LogP contribution in [0.3, 0.4) is 0 Å². The van der Waals surface area contributed by atoms with Crippen molar-refractivity contribution in [2.24, 2.45) is 0 Å². The van der Waals surface area contributed by atoms with Gasteiger partial charge in [0.15, 0.2) is 0 Å². The summed E-state index contributed by atoms with van der Waals surface area (Å²) in [5.41, 5.74) is 0. The highest BCUT2D eigenvalue weighted by Gasteiger charge is 2.13. The Morgan fingerprint density at radius 3 is 1.75 bits per heavy atom. The Balaban J connectivity index is 3.04. The summed E-state index contributed by atoms with van der Waals surface area (Å²) in [5.74, 6) is 0. The summed E-state index contributed by atoms with van der Waals surface area (Å²) in [6, 6.07) is 0. The highest BCUT2D eigenvalue weighted by Crippen LogP contribution is 1.94. The summed E-state index contributed by atoms with van der Waals surface area (Å²) in [6.45, 7) is 1.13. The summed E-state index contributed by atoms with van der Waals surface area (Å²) < 4.78 is 12.0. The van der Waals surface area contributed by atoms with Crippen molar-refractivity contribution in [3.63, 3.8) is 0 Å². The molecule has 0 atom stereocenters. The van der Waals surface area contributed by atoms with Crippen LogP contribution in [0, 0.1) is 0 Å². The maximum absolute atomic E-state index is 9.05. The van der Waals surface area contributed by atoms with E-state index in [1.165, 1.54) is 0 Å². The highest BCUT2D eigenvalue weighted by molar-refractivity contribution is 14.1. The Morgan fingerprint density at radius 1 is 1.00 bits per heavy atom. The minimum Gasteiger partial charge on any atom is -0.402 e. The predicted molar refractivity (Wildman–Crippen MR) is 66.9 cm³/mol. The first-order valence-corrected chi connectivity index (χ1v) is 6.89. The molecule has 12 heavy (non-hydrogen) atoms. The second-order valence-corrected chi connectivity index (χ2v) is 4.29. The van der Waals surface area contributed by atoms with Gasteiger partial charge in [-0.2, -0.15) is 0 Å². The third-order valence-corrected chi connectivity index (χ3v) is 2.60. The molecule has 0 saturated heterocycles. The molecule has 6 heteroatoms. The van der Waals surface area contributed by atoms with Crippen molar-refractivity contribution < 1.29 is 14.3 Å². The molecule has 0 aliphatic heterocycles. The van der Waals surface area contributed by atoms with Crippen LogP contribution in [-0.2, 0) is 9.31 Å². The fourth-order valence-electron chi connectivity index (χ4n) is 0.526. The van der Waals surface area contributed by atoms with E-state index in [-0.39, 0.29) is 0 Å². The first kappa shape index (κ1) is 13.4. The smallest absolute Gasteiger partial charge is 0.402 e. The van der Waals surface area contributed by atoms with Gasteiger partial charge in [-0.25, -0.2) is 0 Å². The normalized spacial score (nSPS) is 10.2. The van der Waals surface area contributed by atoms with Gasteiger partial charge in [0.2, 0.25) is 0 Å². The number of hydrogen-bond donors (Lipinski definition) is 1. The molecule has 0 fully saturated rings. The van der Waals surface area contributed by atoms with E-state index >= 15 is 0 Å². The Morgan fingerprint density at radius 2 is 1.42 bits per heavy atom. The second-order valence-electron chi connectivity index (χ2n) is 2.13. The van der Waals surface area contributed by atoms with Gasteiger partial charge in [-0.1, -0.05) is 45.2 Å². The standard InChI is InChI=1S/C6H13BI2O3/c8-3-1-5-11-7(10)12-6-2-4-9/h10H,1-6H2. The van der Waals surface area contributed by atoms with Crippen molar-refractivity contribution in [3.05, 3.63) is 0 Å². The monoisotopic (exact) mass is 398 g/mol. The van der Waals surface area contributed by atoms with Crippen LogP contribution in [-0.4, -0.2) is 34.4 Å². The van der Waals surface area contributed by atoms with E-state index in [0.29, 0.717) is 13.2 Å². The molecule has 0 amide bonds. The fraction of sp³-hybridized carbons (Fsp3) is 1.00. The van der Waals surface area contributed by atoms with Crippen molar-refractivity contribution in [2.45, 2.75) is 12.8 Å². The van der Waals surface area contributed by atoms with Gasteiger partial charge < -0.3 is 14.3 Å². The summed E-state index contributed by atoms with van der Waals surface area (Å²) in [7, 11) is -1.03. The third kappa shape index (κ3) is 9.49. The molecule has 0 radical (unpaired) electrons. The Labute approximate surface area is 101 Å². The first-order valence-electron chi connectivity index (χ1n) is 3.84. The molecule has 0 rings (SSSR count). The summed E-state index contributed by atoms with van der Waals surface area (Å²) >= 11 is 4.53. The van der Waals surface area contributed by atoms with Crippen LogP contribution in [0.2, 0.25) is 0 Å². The Bertz CT molecular complexity index is 86.9. The maximum Gasteiger partial charge on any atom is 0.636 e. The molecule has 0 heterocycles. The lowest BCUT2D eigenvalue weighted by molar-refractivity contribution is 0.134. The zero-order valence-electron chi connectivity index (χ0n) is 6.84. The Hall–Kier alpha value is 1.40. The zero-order valence-corrected chi connectivity index (χ0v) is 11.2. The molecule has 0 aromatic heterocycles. The maximum atomic E-state index is 9.05. The zero-order chi connectivity index (χ0) is 9.23. The minimum absolute atomic E-state index is 0.564. The van der Waals surface area contributed by atoms with Gasteiger partial charge in [0, 0.05) is 22.1 Å². The van der Waals surface area contributed by atoms with E-state index in [4.69, 9.17) is 14.3 Å². The third-order valence-electron chi connectivity index (χ3n) is 1.08. The lowest BCUT2D eigenvalue weighted by atomic mass is 10.2. The van der Waals surface area contributed by atoms with Gasteiger partial charge in [-0.05, 0) is 12.8 Å². The predicted octanol–water partition coefficient (Wildman–Crippen LogP) is 1.65. The van der Waals surface area contributed by atoms with E-state index in [1.807, 2.05) is 0 Å². The largest absolute Gasteiger partial charge is 0.636 e. The van der Waals surface area contributed by atoms with E-state index in [2.05, 4.69) is 45.2 Å². The fourth-order valence-corrected chi connectivity index (χ4v) is 1.15. The molecule has 72 valence electrons. The molecule has 0 bridgehead atoms. The number of hydrogen-bond acceptors (Lipinski definition) is 3. The van der Waals surface area contributed by atoms with Crippen LogP contribution < -0.4 is 0 Å². The quantitative estimate of drug-likeness (QED) is 0.293. The van der Waals surface area contributed by atoms with Crippen molar-refractivity contribution in [1.29, 1.82) is 0 Å². The first-order chi connectivity index (χ1) is 5.81. The van der Waals surface area contributed by atoms with E-state index in [1.54, 1.807) is 0 Å². The molecule has 0 unspecified atom stereocenters. The van der Waals surface area contributed by atoms with E-state index in [0.717, 1.165) is 21.7 Å². The van der Waals surface area contributed by atoms with Crippen LogP contribution in [0.15, 0.2) is 0 Å². The Kier molecular flexibility index (Phi) is 11.7. The highest BCUT2D eigenvalue weighted by atomic mass is 127. The number of alkyl halides is 2. The van der Waals surface area contributed by atoms with Crippen LogP contribution in [0.1, 0.15) is 12.8 Å². The lowest BCUT2D eigenvalue weighted by Gasteiger charge is -2.06. The molecule has 0 aliphatic rings. The SMILES string of the molecule is OB(OCCCI)OCCCI. The molecule has 0 aromatic rings. The summed E-state index contributed by atoms with van der Waals surface area (Å²) in [6.07, 6.45) is 1.90. The lowest BCUT2D eigenvalue weighted by Crippen LogP contribution is -2.24. The summed E-state index contributed by atoms with van der Waals surface area (Å²) in [4.78, 5) is 0. The van der Waals surface area contributed by atoms with Gasteiger partial charge in [0.05, 0.1) is 0 Å². The van der Waals surface area contributed by atoms with Gasteiger partial charge in [0.1, 0.15) is 0 Å². The molecule has 0 spiro atoms. The van der Waals surface area contributed by atoms with Crippen molar-refractivity contribution in [1.82, 2.24) is 0 Å². The molecular formula is C6H13BI2O3. The molecule has 1 N–H and O–H groups in total. The molecule has 0 aliphatic carbocycles. The number of rotatable bonds is 8. The average molecular weight is 398 g/mol. The molecule has 0 saturated carbocycles. The van der Waals surface area contributed by atoms with Gasteiger partial charge >= 0.3 is 7.32 Å². The van der Waals surface area contributed by atoms with Crippen molar-refractivity contribution >= 4 is 52.5 Å². The topological polar surface area (TPSA) is 38.7 Å². The second kappa shape index (κ2) is 10.5. The minimum atomic E-state index is -1.03. The molecular weight excluding hydrogens is 385 g/mol. The molecule has 3 nitrogen and oxygen atoms in total. The van der Waals surface area contributed by atoms with Crippen LogP contribution in [0.4, 0.5) is 0 Å². The molecule has 0 aromatic carbocycles. The van der Waals surface area contributed by atoms with E-state index < -0.39 is 7.32 Å². The van der Waals surface area contributed by atoms with E-state index in [9.17, 15) is 0 Å². The van der Waals surface area contributed by atoms with Crippen molar-refractivity contribution in [2.75, 3.05) is 22.1 Å². The number of halogens is 2. The van der Waals surface area contributed by atoms with Crippen LogP contribution in [0.25, 0.3) is 0 Å². The van der Waals surface area contributed by atoms with Gasteiger partial charge in [0.25, 0.3) is 0 Å². The van der Waals surface area contributed by atoms with Crippen LogP contribution >= 0.6 is 45.2 Å². The average Bonchev–Trinajstić information content (AvgIpc) is 2.06. The van der Waals surface area contributed by atoms with Crippen molar-refractivity contribution in [3.8, 4) is 0 Å². The summed E-state index contributed by atoms with van der Waals surface area (Å²) in [5, 5.41) is 9.05.